The van der Waals surface area contributed by atoms with Gasteiger partial charge in [-0.3, -0.25) is 0 Å². The highest BCUT2D eigenvalue weighted by Gasteiger charge is 2.07. The van der Waals surface area contributed by atoms with E-state index in [1.54, 1.807) is 6.07 Å². The third-order valence-corrected chi connectivity index (χ3v) is 3.86. The summed E-state index contributed by atoms with van der Waals surface area (Å²) in [5.41, 5.74) is 3.25. The minimum Gasteiger partial charge on any atom is -0.456 e. The number of hydrogen-bond acceptors (Lipinski definition) is 2. The van der Waals surface area contributed by atoms with Crippen LogP contribution in [0.3, 0.4) is 0 Å². The lowest BCUT2D eigenvalue weighted by atomic mass is 10.1. The smallest absolute Gasteiger partial charge is 0.159 e. The fraction of sp³-hybridized carbons (Fsp3) is 0.0526. The third kappa shape index (κ3) is 2.52. The largest absolute Gasteiger partial charge is 0.456 e. The molecular weight excluding hydrogens is 296 g/mol. The summed E-state index contributed by atoms with van der Waals surface area (Å²) in [6.45, 7) is 0.415. The molecule has 4 heteroatoms. The zero-order valence-electron chi connectivity index (χ0n) is 12.1. The highest BCUT2D eigenvalue weighted by atomic mass is 19.2. The minimum atomic E-state index is -0.833. The van der Waals surface area contributed by atoms with Crippen LogP contribution in [-0.4, -0.2) is 0 Å². The molecule has 0 saturated carbocycles. The standard InChI is InChI=1S/C19H13F2NO/c20-16-7-5-12(9-17(16)21)11-22-13-6-8-19-15(10-13)14-3-1-2-4-18(14)23-19/h1-10,22H,11H2. The summed E-state index contributed by atoms with van der Waals surface area (Å²) in [5.74, 6) is -1.67. The summed E-state index contributed by atoms with van der Waals surface area (Å²) in [6.07, 6.45) is 0. The van der Waals surface area contributed by atoms with Gasteiger partial charge in [0.2, 0.25) is 0 Å². The Bertz CT molecular complexity index is 1010. The molecule has 23 heavy (non-hydrogen) atoms. The number of nitrogens with one attached hydrogen (secondary N) is 1. The van der Waals surface area contributed by atoms with E-state index in [-0.39, 0.29) is 0 Å². The molecule has 0 unspecified atom stereocenters. The first-order valence-corrected chi connectivity index (χ1v) is 7.30. The van der Waals surface area contributed by atoms with Crippen LogP contribution < -0.4 is 5.32 Å². The van der Waals surface area contributed by atoms with Gasteiger partial charge in [0.25, 0.3) is 0 Å². The van der Waals surface area contributed by atoms with E-state index >= 15 is 0 Å². The molecule has 0 bridgehead atoms. The first kappa shape index (κ1) is 13.8. The van der Waals surface area contributed by atoms with Crippen LogP contribution in [0.1, 0.15) is 5.56 Å². The second-order valence-electron chi connectivity index (χ2n) is 5.41. The van der Waals surface area contributed by atoms with Crippen LogP contribution in [0.4, 0.5) is 14.5 Å². The predicted molar refractivity (Wildman–Crippen MR) is 87.4 cm³/mol. The van der Waals surface area contributed by atoms with Crippen molar-refractivity contribution in [2.75, 3.05) is 5.32 Å². The van der Waals surface area contributed by atoms with Crippen molar-refractivity contribution in [2.45, 2.75) is 6.54 Å². The molecular formula is C19H13F2NO. The molecule has 0 fully saturated rings. The number of anilines is 1. The van der Waals surface area contributed by atoms with Crippen LogP contribution in [0, 0.1) is 11.6 Å². The van der Waals surface area contributed by atoms with Gasteiger partial charge in [-0.15, -0.1) is 0 Å². The van der Waals surface area contributed by atoms with Crippen molar-refractivity contribution in [3.8, 4) is 0 Å². The molecule has 0 aliphatic rings. The SMILES string of the molecule is Fc1ccc(CNc2ccc3oc4ccccc4c3c2)cc1F. The Morgan fingerprint density at radius 2 is 1.61 bits per heavy atom. The van der Waals surface area contributed by atoms with E-state index in [0.29, 0.717) is 12.1 Å². The van der Waals surface area contributed by atoms with Crippen LogP contribution >= 0.6 is 0 Å². The van der Waals surface area contributed by atoms with Gasteiger partial charge in [-0.05, 0) is 42.0 Å². The summed E-state index contributed by atoms with van der Waals surface area (Å²) in [7, 11) is 0. The van der Waals surface area contributed by atoms with E-state index in [1.165, 1.54) is 6.07 Å². The molecule has 0 saturated heterocycles. The average molecular weight is 309 g/mol. The van der Waals surface area contributed by atoms with Gasteiger partial charge in [0.05, 0.1) is 0 Å². The van der Waals surface area contributed by atoms with Crippen molar-refractivity contribution in [2.24, 2.45) is 0 Å². The molecule has 0 aliphatic carbocycles. The number of halogens is 2. The predicted octanol–water partition coefficient (Wildman–Crippen LogP) is 5.48. The van der Waals surface area contributed by atoms with Gasteiger partial charge in [-0.1, -0.05) is 24.3 Å². The van der Waals surface area contributed by atoms with Crippen LogP contribution in [-0.2, 0) is 6.54 Å². The van der Waals surface area contributed by atoms with Gasteiger partial charge < -0.3 is 9.73 Å². The molecule has 4 aromatic rings. The number of fused-ring (bicyclic) bond motifs is 3. The second kappa shape index (κ2) is 5.39. The topological polar surface area (TPSA) is 25.2 Å². The molecule has 4 rings (SSSR count). The summed E-state index contributed by atoms with van der Waals surface area (Å²) in [5, 5.41) is 5.30. The zero-order chi connectivity index (χ0) is 15.8. The van der Waals surface area contributed by atoms with Gasteiger partial charge >= 0.3 is 0 Å². The molecule has 1 heterocycles. The Morgan fingerprint density at radius 3 is 2.48 bits per heavy atom. The maximum Gasteiger partial charge on any atom is 0.159 e. The van der Waals surface area contributed by atoms with Crippen LogP contribution in [0.2, 0.25) is 0 Å². The second-order valence-corrected chi connectivity index (χ2v) is 5.41. The molecule has 114 valence electrons. The Hall–Kier alpha value is -2.88. The molecule has 0 aliphatic heterocycles. The number of benzene rings is 3. The summed E-state index contributed by atoms with van der Waals surface area (Å²) in [4.78, 5) is 0. The van der Waals surface area contributed by atoms with Crippen molar-refractivity contribution in [3.63, 3.8) is 0 Å². The number of furan rings is 1. The van der Waals surface area contributed by atoms with E-state index in [9.17, 15) is 8.78 Å². The average Bonchev–Trinajstić information content (AvgIpc) is 2.94. The Labute approximate surface area is 131 Å². The summed E-state index contributed by atoms with van der Waals surface area (Å²) >= 11 is 0. The van der Waals surface area contributed by atoms with Gasteiger partial charge in [-0.25, -0.2) is 8.78 Å². The highest BCUT2D eigenvalue weighted by Crippen LogP contribution is 2.30. The molecule has 0 spiro atoms. The van der Waals surface area contributed by atoms with E-state index in [1.807, 2.05) is 42.5 Å². The first-order chi connectivity index (χ1) is 11.2. The lowest BCUT2D eigenvalue weighted by Gasteiger charge is -2.07. The van der Waals surface area contributed by atoms with Gasteiger partial charge in [0, 0.05) is 23.0 Å². The number of hydrogen-bond donors (Lipinski definition) is 1. The van der Waals surface area contributed by atoms with Gasteiger partial charge in [0.1, 0.15) is 11.2 Å². The van der Waals surface area contributed by atoms with Crippen LogP contribution in [0.15, 0.2) is 65.1 Å². The van der Waals surface area contributed by atoms with Crippen molar-refractivity contribution in [1.82, 2.24) is 0 Å². The van der Waals surface area contributed by atoms with E-state index < -0.39 is 11.6 Å². The molecule has 3 aromatic carbocycles. The molecule has 1 aromatic heterocycles. The van der Waals surface area contributed by atoms with Crippen LogP contribution in [0.25, 0.3) is 21.9 Å². The normalized spacial score (nSPS) is 11.2. The van der Waals surface area contributed by atoms with E-state index in [0.717, 1.165) is 33.7 Å². The zero-order valence-corrected chi connectivity index (χ0v) is 12.1. The molecule has 2 nitrogen and oxygen atoms in total. The van der Waals surface area contributed by atoms with Crippen molar-refractivity contribution >= 4 is 27.6 Å². The maximum atomic E-state index is 13.2. The molecule has 0 amide bonds. The Kier molecular flexibility index (Phi) is 3.23. The number of para-hydroxylation sites is 1. The van der Waals surface area contributed by atoms with E-state index in [2.05, 4.69) is 5.32 Å². The monoisotopic (exact) mass is 309 g/mol. The van der Waals surface area contributed by atoms with Crippen molar-refractivity contribution < 1.29 is 13.2 Å². The minimum absolute atomic E-state index is 0.415. The maximum absolute atomic E-state index is 13.2. The Balaban J connectivity index is 1.63. The third-order valence-electron chi connectivity index (χ3n) is 3.86. The molecule has 1 N–H and O–H groups in total. The van der Waals surface area contributed by atoms with Gasteiger partial charge in [-0.2, -0.15) is 0 Å². The number of rotatable bonds is 3. The molecule has 0 atom stereocenters. The fourth-order valence-electron chi connectivity index (χ4n) is 2.69. The van der Waals surface area contributed by atoms with E-state index in [4.69, 9.17) is 4.42 Å². The lowest BCUT2D eigenvalue weighted by molar-refractivity contribution is 0.507. The van der Waals surface area contributed by atoms with Crippen molar-refractivity contribution in [1.29, 1.82) is 0 Å². The van der Waals surface area contributed by atoms with Crippen LogP contribution in [0.5, 0.6) is 0 Å². The lowest BCUT2D eigenvalue weighted by Crippen LogP contribution is -2.00. The van der Waals surface area contributed by atoms with Crippen molar-refractivity contribution in [3.05, 3.63) is 77.9 Å². The summed E-state index contributed by atoms with van der Waals surface area (Å²) in [6, 6.07) is 17.6. The quantitative estimate of drug-likeness (QED) is 0.542. The molecule has 0 radical (unpaired) electrons. The Morgan fingerprint density at radius 1 is 0.783 bits per heavy atom. The first-order valence-electron chi connectivity index (χ1n) is 7.30. The fourth-order valence-corrected chi connectivity index (χ4v) is 2.69. The van der Waals surface area contributed by atoms with Gasteiger partial charge in [0.15, 0.2) is 11.6 Å². The highest BCUT2D eigenvalue weighted by molar-refractivity contribution is 6.05. The summed E-state index contributed by atoms with van der Waals surface area (Å²) < 4.78 is 32.0.